The minimum absolute atomic E-state index is 0.142. The van der Waals surface area contributed by atoms with Crippen molar-refractivity contribution in [3.8, 4) is 0 Å². The summed E-state index contributed by atoms with van der Waals surface area (Å²) in [6.45, 7) is 2.18. The van der Waals surface area contributed by atoms with Crippen LogP contribution in [0.15, 0.2) is 18.3 Å². The smallest absolute Gasteiger partial charge is 0.354 e. The van der Waals surface area contributed by atoms with Crippen molar-refractivity contribution in [2.45, 2.75) is 39.0 Å². The zero-order valence-corrected chi connectivity index (χ0v) is 9.07. The van der Waals surface area contributed by atoms with Gasteiger partial charge in [0.2, 0.25) is 0 Å². The molecule has 0 aliphatic rings. The Morgan fingerprint density at radius 3 is 2.87 bits per heavy atom. The second-order valence-electron chi connectivity index (χ2n) is 3.67. The van der Waals surface area contributed by atoms with Crippen LogP contribution in [-0.4, -0.2) is 16.1 Å². The summed E-state index contributed by atoms with van der Waals surface area (Å²) in [4.78, 5) is 14.5. The average molecular weight is 207 g/mol. The van der Waals surface area contributed by atoms with E-state index in [4.69, 9.17) is 5.11 Å². The molecule has 0 aliphatic carbocycles. The molecule has 0 fully saturated rings. The lowest BCUT2D eigenvalue weighted by Gasteiger charge is -2.01. The van der Waals surface area contributed by atoms with E-state index in [0.717, 1.165) is 18.4 Å². The predicted octanol–water partition coefficient (Wildman–Crippen LogP) is 2.90. The zero-order chi connectivity index (χ0) is 11.1. The molecule has 0 aromatic carbocycles. The number of carboxylic acids is 1. The Balaban J connectivity index is 2.47. The first kappa shape index (κ1) is 11.7. The highest BCUT2D eigenvalue weighted by atomic mass is 16.4. The molecule has 82 valence electrons. The molecule has 1 heterocycles. The number of rotatable bonds is 6. The van der Waals surface area contributed by atoms with Crippen LogP contribution in [0.3, 0.4) is 0 Å². The fourth-order valence-corrected chi connectivity index (χ4v) is 1.50. The summed E-state index contributed by atoms with van der Waals surface area (Å²) >= 11 is 0. The van der Waals surface area contributed by atoms with Crippen LogP contribution < -0.4 is 0 Å². The van der Waals surface area contributed by atoms with E-state index < -0.39 is 5.97 Å². The van der Waals surface area contributed by atoms with Crippen molar-refractivity contribution in [2.24, 2.45) is 0 Å². The summed E-state index contributed by atoms with van der Waals surface area (Å²) in [5, 5.41) is 8.76. The first-order valence-electron chi connectivity index (χ1n) is 5.42. The van der Waals surface area contributed by atoms with E-state index in [2.05, 4.69) is 11.9 Å². The van der Waals surface area contributed by atoms with Crippen LogP contribution in [0.25, 0.3) is 0 Å². The van der Waals surface area contributed by atoms with E-state index >= 15 is 0 Å². The highest BCUT2D eigenvalue weighted by Crippen LogP contribution is 2.08. The van der Waals surface area contributed by atoms with Gasteiger partial charge >= 0.3 is 5.97 Å². The molecule has 0 saturated heterocycles. The third-order valence-electron chi connectivity index (χ3n) is 2.36. The molecular weight excluding hydrogens is 190 g/mol. The predicted molar refractivity (Wildman–Crippen MR) is 59.0 cm³/mol. The molecule has 0 radical (unpaired) electrons. The Hall–Kier alpha value is -1.38. The number of hydrogen-bond donors (Lipinski definition) is 1. The third kappa shape index (κ3) is 4.11. The maximum atomic E-state index is 10.7. The van der Waals surface area contributed by atoms with Crippen LogP contribution >= 0.6 is 0 Å². The topological polar surface area (TPSA) is 50.2 Å². The Bertz CT molecular complexity index is 323. The largest absolute Gasteiger partial charge is 0.477 e. The Labute approximate surface area is 90.2 Å². The fraction of sp³-hybridized carbons (Fsp3) is 0.500. The van der Waals surface area contributed by atoms with Gasteiger partial charge in [-0.05, 0) is 30.5 Å². The number of aromatic carboxylic acids is 1. The number of nitrogens with zero attached hydrogens (tertiary/aromatic N) is 1. The lowest BCUT2D eigenvalue weighted by atomic mass is 10.1. The summed E-state index contributed by atoms with van der Waals surface area (Å²) < 4.78 is 0. The maximum Gasteiger partial charge on any atom is 0.354 e. The summed E-state index contributed by atoms with van der Waals surface area (Å²) in [5.74, 6) is -0.953. The van der Waals surface area contributed by atoms with Gasteiger partial charge in [-0.2, -0.15) is 0 Å². The van der Waals surface area contributed by atoms with E-state index in [-0.39, 0.29) is 5.69 Å². The van der Waals surface area contributed by atoms with Gasteiger partial charge in [-0.25, -0.2) is 9.78 Å². The standard InChI is InChI=1S/C12H17NO2/c1-2-3-4-5-6-10-7-8-13-11(9-10)12(14)15/h7-9H,2-6H2,1H3,(H,14,15). The van der Waals surface area contributed by atoms with Crippen molar-refractivity contribution >= 4 is 5.97 Å². The number of aryl methyl sites for hydroxylation is 1. The van der Waals surface area contributed by atoms with Gasteiger partial charge in [0.15, 0.2) is 0 Å². The lowest BCUT2D eigenvalue weighted by molar-refractivity contribution is 0.0690. The van der Waals surface area contributed by atoms with Crippen molar-refractivity contribution in [2.75, 3.05) is 0 Å². The minimum Gasteiger partial charge on any atom is -0.477 e. The van der Waals surface area contributed by atoms with Crippen LogP contribution in [0.5, 0.6) is 0 Å². The summed E-state index contributed by atoms with van der Waals surface area (Å²) in [5.41, 5.74) is 1.21. The number of hydrogen-bond acceptors (Lipinski definition) is 2. The van der Waals surface area contributed by atoms with Crippen LogP contribution in [0.4, 0.5) is 0 Å². The van der Waals surface area contributed by atoms with Crippen molar-refractivity contribution < 1.29 is 9.90 Å². The van der Waals surface area contributed by atoms with E-state index in [1.165, 1.54) is 19.3 Å². The molecule has 3 heteroatoms. The molecule has 0 saturated carbocycles. The summed E-state index contributed by atoms with van der Waals surface area (Å²) in [6, 6.07) is 3.55. The van der Waals surface area contributed by atoms with E-state index in [1.807, 2.05) is 6.07 Å². The van der Waals surface area contributed by atoms with Crippen LogP contribution in [0.2, 0.25) is 0 Å². The molecule has 0 atom stereocenters. The van der Waals surface area contributed by atoms with Crippen molar-refractivity contribution in [3.63, 3.8) is 0 Å². The van der Waals surface area contributed by atoms with Gasteiger partial charge in [0, 0.05) is 6.20 Å². The molecule has 1 rings (SSSR count). The second-order valence-corrected chi connectivity index (χ2v) is 3.67. The molecule has 3 nitrogen and oxygen atoms in total. The number of unbranched alkanes of at least 4 members (excludes halogenated alkanes) is 3. The van der Waals surface area contributed by atoms with Crippen LogP contribution in [-0.2, 0) is 6.42 Å². The molecule has 0 bridgehead atoms. The normalized spacial score (nSPS) is 10.2. The maximum absolute atomic E-state index is 10.7. The monoisotopic (exact) mass is 207 g/mol. The molecular formula is C12H17NO2. The van der Waals surface area contributed by atoms with Gasteiger partial charge in [0.25, 0.3) is 0 Å². The van der Waals surface area contributed by atoms with Crippen LogP contribution in [0, 0.1) is 0 Å². The van der Waals surface area contributed by atoms with Crippen molar-refractivity contribution in [3.05, 3.63) is 29.6 Å². The Kier molecular flexibility index (Phi) is 4.81. The fourth-order valence-electron chi connectivity index (χ4n) is 1.50. The third-order valence-corrected chi connectivity index (χ3v) is 2.36. The summed E-state index contributed by atoms with van der Waals surface area (Å²) in [7, 11) is 0. The van der Waals surface area contributed by atoms with E-state index in [0.29, 0.717) is 0 Å². The number of pyridine rings is 1. The number of carbonyl (C=O) groups is 1. The average Bonchev–Trinajstić information content (AvgIpc) is 2.25. The number of aromatic nitrogens is 1. The lowest BCUT2D eigenvalue weighted by Crippen LogP contribution is -2.00. The molecule has 1 N–H and O–H groups in total. The van der Waals surface area contributed by atoms with Gasteiger partial charge < -0.3 is 5.11 Å². The first-order chi connectivity index (χ1) is 7.24. The molecule has 0 amide bonds. The Morgan fingerprint density at radius 2 is 2.20 bits per heavy atom. The molecule has 0 aliphatic heterocycles. The quantitative estimate of drug-likeness (QED) is 0.730. The summed E-state index contributed by atoms with van der Waals surface area (Å²) in [6.07, 6.45) is 7.31. The SMILES string of the molecule is CCCCCCc1ccnc(C(=O)O)c1. The zero-order valence-electron chi connectivity index (χ0n) is 9.07. The molecule has 0 unspecified atom stereocenters. The van der Waals surface area contributed by atoms with Gasteiger partial charge in [-0.15, -0.1) is 0 Å². The molecule has 15 heavy (non-hydrogen) atoms. The molecule has 1 aromatic rings. The van der Waals surface area contributed by atoms with E-state index in [9.17, 15) is 4.79 Å². The van der Waals surface area contributed by atoms with E-state index in [1.54, 1.807) is 12.3 Å². The number of carboxylic acid groups (broad SMARTS) is 1. The highest BCUT2D eigenvalue weighted by Gasteiger charge is 2.04. The van der Waals surface area contributed by atoms with Crippen molar-refractivity contribution in [1.29, 1.82) is 0 Å². The van der Waals surface area contributed by atoms with Gasteiger partial charge in [0.1, 0.15) is 5.69 Å². The second kappa shape index (κ2) is 6.17. The first-order valence-corrected chi connectivity index (χ1v) is 5.42. The molecule has 1 aromatic heterocycles. The minimum atomic E-state index is -0.953. The Morgan fingerprint density at radius 1 is 1.40 bits per heavy atom. The van der Waals surface area contributed by atoms with Gasteiger partial charge in [-0.3, -0.25) is 0 Å². The van der Waals surface area contributed by atoms with Crippen LogP contribution in [0.1, 0.15) is 48.7 Å². The van der Waals surface area contributed by atoms with Gasteiger partial charge in [0.05, 0.1) is 0 Å². The highest BCUT2D eigenvalue weighted by molar-refractivity contribution is 5.85. The van der Waals surface area contributed by atoms with Crippen molar-refractivity contribution in [1.82, 2.24) is 4.98 Å². The molecule has 0 spiro atoms. The van der Waals surface area contributed by atoms with Gasteiger partial charge in [-0.1, -0.05) is 26.2 Å².